The van der Waals surface area contributed by atoms with Crippen LogP contribution in [0.15, 0.2) is 27.8 Å². The van der Waals surface area contributed by atoms with E-state index in [9.17, 15) is 4.21 Å². The Hall–Kier alpha value is -0.720. The maximum absolute atomic E-state index is 10.8. The molecule has 0 aromatic carbocycles. The van der Waals surface area contributed by atoms with Crippen LogP contribution in [0.1, 0.15) is 0 Å². The van der Waals surface area contributed by atoms with E-state index >= 15 is 0 Å². The normalized spacial score (nSPS) is 13.4. The molecule has 4 nitrogen and oxygen atoms in total. The van der Waals surface area contributed by atoms with Gasteiger partial charge in [-0.3, -0.25) is 0 Å². The quantitative estimate of drug-likeness (QED) is 0.608. The summed E-state index contributed by atoms with van der Waals surface area (Å²) in [5.74, 6) is 0. The summed E-state index contributed by atoms with van der Waals surface area (Å²) in [4.78, 5) is 7.27. The molecule has 0 amide bonds. The second kappa shape index (κ2) is 3.21. The van der Waals surface area contributed by atoms with Crippen molar-refractivity contribution >= 4 is 38.0 Å². The zero-order valence-corrected chi connectivity index (χ0v) is 8.72. The van der Waals surface area contributed by atoms with Crippen molar-refractivity contribution < 1.29 is 8.76 Å². The zero-order valence-electron chi connectivity index (χ0n) is 6.32. The number of H-pyrrole nitrogens is 1. The number of aromatic amines is 1. The van der Waals surface area contributed by atoms with Gasteiger partial charge in [-0.25, -0.2) is 9.19 Å². The first-order valence-electron chi connectivity index (χ1n) is 3.43. The molecule has 0 fully saturated rings. The maximum Gasteiger partial charge on any atom is 0.188 e. The Bertz CT molecular complexity index is 482. The highest BCUT2D eigenvalue weighted by molar-refractivity contribution is 9.10. The van der Waals surface area contributed by atoms with Gasteiger partial charge in [-0.05, 0) is 28.1 Å². The van der Waals surface area contributed by atoms with Gasteiger partial charge >= 0.3 is 0 Å². The summed E-state index contributed by atoms with van der Waals surface area (Å²) >= 11 is 1.24. The van der Waals surface area contributed by atoms with Crippen molar-refractivity contribution in [1.29, 1.82) is 0 Å². The van der Waals surface area contributed by atoms with Crippen LogP contribution in [0.25, 0.3) is 11.0 Å². The molecule has 0 bridgehead atoms. The summed E-state index contributed by atoms with van der Waals surface area (Å²) in [5, 5.41) is 0.670. The Morgan fingerprint density at radius 1 is 1.54 bits per heavy atom. The number of nitrogens with zero attached hydrogens (tertiary/aromatic N) is 1. The molecule has 2 heterocycles. The van der Waals surface area contributed by atoms with Crippen LogP contribution in [-0.4, -0.2) is 18.7 Å². The highest BCUT2D eigenvalue weighted by Gasteiger charge is 2.08. The number of halogens is 1. The Kier molecular flexibility index (Phi) is 2.19. The summed E-state index contributed by atoms with van der Waals surface area (Å²) < 4.78 is 20.4. The largest absolute Gasteiger partial charge is 0.345 e. The number of hydrogen-bond acceptors (Lipinski definition) is 2. The van der Waals surface area contributed by atoms with Crippen LogP contribution >= 0.6 is 15.9 Å². The number of pyridine rings is 1. The minimum Gasteiger partial charge on any atom is -0.345 e. The van der Waals surface area contributed by atoms with Gasteiger partial charge in [0.15, 0.2) is 11.1 Å². The number of fused-ring (bicyclic) bond motifs is 1. The van der Waals surface area contributed by atoms with Gasteiger partial charge in [0.2, 0.25) is 0 Å². The zero-order chi connectivity index (χ0) is 9.42. The molecule has 0 radical (unpaired) electrons. The Labute approximate surface area is 84.8 Å². The van der Waals surface area contributed by atoms with Crippen LogP contribution in [0.2, 0.25) is 0 Å². The molecule has 6 heteroatoms. The van der Waals surface area contributed by atoms with E-state index in [4.69, 9.17) is 4.55 Å². The summed E-state index contributed by atoms with van der Waals surface area (Å²) in [7, 11) is 0. The molecule has 1 unspecified atom stereocenters. The van der Waals surface area contributed by atoms with Gasteiger partial charge < -0.3 is 9.54 Å². The summed E-state index contributed by atoms with van der Waals surface area (Å²) in [5.41, 5.74) is 0.603. The van der Waals surface area contributed by atoms with Crippen molar-refractivity contribution in [2.45, 2.75) is 4.90 Å². The van der Waals surface area contributed by atoms with E-state index in [1.807, 2.05) is 0 Å². The van der Waals surface area contributed by atoms with E-state index in [0.717, 1.165) is 0 Å². The second-order valence-corrected chi connectivity index (χ2v) is 4.18. The molecule has 13 heavy (non-hydrogen) atoms. The number of rotatable bonds is 1. The molecule has 2 N–H and O–H groups in total. The molecule has 2 aromatic heterocycles. The maximum atomic E-state index is 10.8. The summed E-state index contributed by atoms with van der Waals surface area (Å²) in [6, 6.07) is 3.47. The molecule has 0 spiro atoms. The molecular weight excluding hydrogens is 256 g/mol. The molecule has 0 saturated carbocycles. The van der Waals surface area contributed by atoms with Crippen molar-refractivity contribution in [3.05, 3.63) is 22.9 Å². The van der Waals surface area contributed by atoms with Gasteiger partial charge in [0, 0.05) is 11.6 Å². The van der Waals surface area contributed by atoms with Crippen LogP contribution in [0, 0.1) is 0 Å². The van der Waals surface area contributed by atoms with E-state index in [1.165, 1.54) is 6.20 Å². The SMILES string of the molecule is O=S(O)c1c[nH]c2nc(Br)ccc12. The third-order valence-electron chi connectivity index (χ3n) is 1.65. The van der Waals surface area contributed by atoms with E-state index in [-0.39, 0.29) is 0 Å². The molecule has 0 saturated heterocycles. The summed E-state index contributed by atoms with van der Waals surface area (Å²) in [6.45, 7) is 0. The Morgan fingerprint density at radius 2 is 2.31 bits per heavy atom. The van der Waals surface area contributed by atoms with Crippen molar-refractivity contribution in [2.75, 3.05) is 0 Å². The lowest BCUT2D eigenvalue weighted by Gasteiger charge is -1.92. The standard InChI is InChI=1S/C7H5BrN2O2S/c8-6-2-1-4-5(13(11)12)3-9-7(4)10-6/h1-3H,(H,9,10)(H,11,12). The van der Waals surface area contributed by atoms with Crippen molar-refractivity contribution in [2.24, 2.45) is 0 Å². The highest BCUT2D eigenvalue weighted by Crippen LogP contribution is 2.20. The smallest absolute Gasteiger partial charge is 0.188 e. The first kappa shape index (κ1) is 8.86. The summed E-state index contributed by atoms with van der Waals surface area (Å²) in [6.07, 6.45) is 1.49. The van der Waals surface area contributed by atoms with Crippen LogP contribution in [0.4, 0.5) is 0 Å². The number of nitrogens with one attached hydrogen (secondary N) is 1. The Balaban J connectivity index is 2.76. The molecule has 1 atom stereocenters. The van der Waals surface area contributed by atoms with Gasteiger partial charge in [0.1, 0.15) is 10.3 Å². The number of hydrogen-bond donors (Lipinski definition) is 2. The lowest BCUT2D eigenvalue weighted by Crippen LogP contribution is -1.85. The molecule has 2 aromatic rings. The van der Waals surface area contributed by atoms with E-state index in [1.54, 1.807) is 12.1 Å². The monoisotopic (exact) mass is 260 g/mol. The fraction of sp³-hybridized carbons (Fsp3) is 0. The Morgan fingerprint density at radius 3 is 3.00 bits per heavy atom. The number of aromatic nitrogens is 2. The van der Waals surface area contributed by atoms with Crippen LogP contribution in [0.5, 0.6) is 0 Å². The fourth-order valence-corrected chi connectivity index (χ4v) is 1.92. The predicted octanol–water partition coefficient (Wildman–Crippen LogP) is 1.91. The molecule has 2 rings (SSSR count). The minimum absolute atomic E-state index is 0.356. The van der Waals surface area contributed by atoms with Gasteiger partial charge in [-0.15, -0.1) is 0 Å². The first-order chi connectivity index (χ1) is 6.18. The van der Waals surface area contributed by atoms with E-state index in [0.29, 0.717) is 20.5 Å². The average molecular weight is 261 g/mol. The van der Waals surface area contributed by atoms with Crippen LogP contribution in [0.3, 0.4) is 0 Å². The second-order valence-electron chi connectivity index (χ2n) is 2.43. The molecule has 0 aliphatic rings. The van der Waals surface area contributed by atoms with Crippen molar-refractivity contribution in [3.8, 4) is 0 Å². The predicted molar refractivity (Wildman–Crippen MR) is 52.8 cm³/mol. The lowest BCUT2D eigenvalue weighted by molar-refractivity contribution is 0.565. The minimum atomic E-state index is -1.97. The van der Waals surface area contributed by atoms with E-state index < -0.39 is 11.1 Å². The van der Waals surface area contributed by atoms with Crippen LogP contribution in [-0.2, 0) is 11.1 Å². The van der Waals surface area contributed by atoms with Gasteiger partial charge in [-0.2, -0.15) is 0 Å². The first-order valence-corrected chi connectivity index (χ1v) is 5.33. The van der Waals surface area contributed by atoms with Crippen molar-refractivity contribution in [1.82, 2.24) is 9.97 Å². The molecule has 0 aliphatic carbocycles. The highest BCUT2D eigenvalue weighted by atomic mass is 79.9. The molecular formula is C7H5BrN2O2S. The molecule has 0 aliphatic heterocycles. The average Bonchev–Trinajstić information content (AvgIpc) is 2.46. The van der Waals surface area contributed by atoms with E-state index in [2.05, 4.69) is 25.9 Å². The topological polar surface area (TPSA) is 66.0 Å². The van der Waals surface area contributed by atoms with Crippen molar-refractivity contribution in [3.63, 3.8) is 0 Å². The van der Waals surface area contributed by atoms with Gasteiger partial charge in [0.25, 0.3) is 0 Å². The van der Waals surface area contributed by atoms with Gasteiger partial charge in [-0.1, -0.05) is 0 Å². The lowest BCUT2D eigenvalue weighted by atomic mass is 10.3. The third-order valence-corrected chi connectivity index (χ3v) is 2.81. The van der Waals surface area contributed by atoms with Crippen LogP contribution < -0.4 is 0 Å². The molecule has 68 valence electrons. The fourth-order valence-electron chi connectivity index (χ4n) is 1.10. The van der Waals surface area contributed by atoms with Gasteiger partial charge in [0.05, 0.1) is 4.90 Å². The third kappa shape index (κ3) is 1.52.